The molecule has 0 radical (unpaired) electrons. The maximum atomic E-state index is 12.5. The Morgan fingerprint density at radius 1 is 1.38 bits per heavy atom. The largest absolute Gasteiger partial charge is 0.496 e. The number of rotatable bonds is 7. The van der Waals surface area contributed by atoms with E-state index in [-0.39, 0.29) is 18.2 Å². The fourth-order valence-electron chi connectivity index (χ4n) is 3.02. The van der Waals surface area contributed by atoms with E-state index in [0.717, 1.165) is 27.5 Å². The minimum Gasteiger partial charge on any atom is -0.496 e. The molecule has 1 atom stereocenters. The van der Waals surface area contributed by atoms with Crippen molar-refractivity contribution in [2.75, 3.05) is 20.7 Å². The van der Waals surface area contributed by atoms with Crippen LogP contribution in [0.5, 0.6) is 5.75 Å². The van der Waals surface area contributed by atoms with E-state index >= 15 is 0 Å². The number of amides is 4. The molecule has 0 unspecified atom stereocenters. The maximum absolute atomic E-state index is 12.5. The number of carbonyl (C=O) groups excluding carboxylic acids is 3. The number of methoxy groups -OCH3 is 1. The second kappa shape index (κ2) is 8.16. The topological polar surface area (TPSA) is 91.8 Å². The molecular weight excluding hydrogens is 336 g/mol. The highest BCUT2D eigenvalue weighted by Gasteiger charge is 2.38. The zero-order valence-corrected chi connectivity index (χ0v) is 16.0. The van der Waals surface area contributed by atoms with Crippen LogP contribution in [-0.4, -0.2) is 59.4 Å². The molecule has 0 bridgehead atoms. The molecule has 1 saturated heterocycles. The van der Waals surface area contributed by atoms with E-state index in [2.05, 4.69) is 10.3 Å². The number of urea groups is 1. The molecule has 2 rings (SSSR count). The summed E-state index contributed by atoms with van der Waals surface area (Å²) in [6.07, 6.45) is 2.33. The molecule has 2 heterocycles. The molecule has 1 N–H and O–H groups in total. The Bertz CT molecular complexity index is 719. The molecule has 1 aliphatic rings. The van der Waals surface area contributed by atoms with Gasteiger partial charge in [-0.3, -0.25) is 19.5 Å². The van der Waals surface area contributed by atoms with Gasteiger partial charge in [-0.05, 0) is 20.3 Å². The number of hydrogen-bond donors (Lipinski definition) is 1. The summed E-state index contributed by atoms with van der Waals surface area (Å²) in [7, 11) is 3.26. The van der Waals surface area contributed by atoms with E-state index in [1.54, 1.807) is 20.4 Å². The van der Waals surface area contributed by atoms with E-state index < -0.39 is 12.1 Å². The first-order valence-corrected chi connectivity index (χ1v) is 8.65. The Labute approximate surface area is 153 Å². The molecule has 1 fully saturated rings. The van der Waals surface area contributed by atoms with Gasteiger partial charge in [-0.25, -0.2) is 4.79 Å². The summed E-state index contributed by atoms with van der Waals surface area (Å²) >= 11 is 0. The van der Waals surface area contributed by atoms with Crippen molar-refractivity contribution in [1.82, 2.24) is 20.1 Å². The van der Waals surface area contributed by atoms with Crippen LogP contribution in [0.25, 0.3) is 0 Å². The molecule has 0 spiro atoms. The van der Waals surface area contributed by atoms with E-state index in [1.165, 1.54) is 4.90 Å². The summed E-state index contributed by atoms with van der Waals surface area (Å²) in [6, 6.07) is -1.23. The van der Waals surface area contributed by atoms with Gasteiger partial charge in [0.2, 0.25) is 5.91 Å². The second-order valence-electron chi connectivity index (χ2n) is 6.49. The van der Waals surface area contributed by atoms with Gasteiger partial charge in [0.1, 0.15) is 11.8 Å². The summed E-state index contributed by atoms with van der Waals surface area (Å²) in [4.78, 5) is 43.6. The first kappa shape index (κ1) is 19.7. The number of ether oxygens (including phenoxy) is 1. The van der Waals surface area contributed by atoms with Crippen molar-refractivity contribution >= 4 is 17.8 Å². The van der Waals surface area contributed by atoms with Gasteiger partial charge in [0.25, 0.3) is 5.91 Å². The third-order valence-corrected chi connectivity index (χ3v) is 4.50. The molecular formula is C18H26N4O4. The molecule has 26 heavy (non-hydrogen) atoms. The van der Waals surface area contributed by atoms with Gasteiger partial charge in [-0.15, -0.1) is 0 Å². The summed E-state index contributed by atoms with van der Waals surface area (Å²) in [6.45, 7) is 6.36. The van der Waals surface area contributed by atoms with Crippen LogP contribution in [0, 0.1) is 13.8 Å². The monoisotopic (exact) mass is 362 g/mol. The van der Waals surface area contributed by atoms with Crippen molar-refractivity contribution in [3.05, 3.63) is 23.0 Å². The van der Waals surface area contributed by atoms with Gasteiger partial charge >= 0.3 is 6.03 Å². The molecule has 8 nitrogen and oxygen atoms in total. The maximum Gasteiger partial charge on any atom is 0.324 e. The lowest BCUT2D eigenvalue weighted by molar-refractivity contribution is -0.135. The van der Waals surface area contributed by atoms with Crippen molar-refractivity contribution in [3.8, 4) is 5.75 Å². The van der Waals surface area contributed by atoms with E-state index in [0.29, 0.717) is 19.5 Å². The SMILES string of the molecule is CCCN1C(=O)N[C@H](CC(=O)N(C)Cc2ncc(C)c(OC)c2C)C1=O. The highest BCUT2D eigenvalue weighted by Crippen LogP contribution is 2.24. The average Bonchev–Trinajstić information content (AvgIpc) is 2.85. The Morgan fingerprint density at radius 2 is 2.08 bits per heavy atom. The summed E-state index contributed by atoms with van der Waals surface area (Å²) < 4.78 is 5.39. The Kier molecular flexibility index (Phi) is 6.18. The summed E-state index contributed by atoms with van der Waals surface area (Å²) in [5.74, 6) is 0.178. The van der Waals surface area contributed by atoms with Gasteiger partial charge in [0.05, 0.1) is 25.8 Å². The molecule has 1 aromatic heterocycles. The third kappa shape index (κ3) is 3.95. The number of hydrogen-bond acceptors (Lipinski definition) is 5. The Morgan fingerprint density at radius 3 is 2.69 bits per heavy atom. The standard InChI is InChI=1S/C18H26N4O4/c1-6-7-22-17(24)13(20-18(22)25)8-15(23)21(4)10-14-12(3)16(26-5)11(2)9-19-14/h9,13H,6-8,10H2,1-5H3,(H,20,25)/t13-/m1/s1. The molecule has 142 valence electrons. The van der Waals surface area contributed by atoms with E-state index in [4.69, 9.17) is 4.74 Å². The van der Waals surface area contributed by atoms with Crippen molar-refractivity contribution < 1.29 is 19.1 Å². The lowest BCUT2D eigenvalue weighted by atomic mass is 10.1. The van der Waals surface area contributed by atoms with Crippen molar-refractivity contribution in [1.29, 1.82) is 0 Å². The van der Waals surface area contributed by atoms with E-state index in [9.17, 15) is 14.4 Å². The molecule has 4 amide bonds. The first-order chi connectivity index (χ1) is 12.3. The van der Waals surface area contributed by atoms with Crippen LogP contribution in [0.2, 0.25) is 0 Å². The molecule has 0 aliphatic carbocycles. The molecule has 1 aromatic rings. The molecule has 0 saturated carbocycles. The number of imide groups is 1. The summed E-state index contributed by atoms with van der Waals surface area (Å²) in [5.41, 5.74) is 2.54. The highest BCUT2D eigenvalue weighted by atomic mass is 16.5. The Hall–Kier alpha value is -2.64. The minimum absolute atomic E-state index is 0.0661. The number of aryl methyl sites for hydroxylation is 1. The van der Waals surface area contributed by atoms with Crippen LogP contribution in [-0.2, 0) is 16.1 Å². The lowest BCUT2D eigenvalue weighted by Gasteiger charge is -2.20. The third-order valence-electron chi connectivity index (χ3n) is 4.50. The van der Waals surface area contributed by atoms with Gasteiger partial charge in [-0.2, -0.15) is 0 Å². The van der Waals surface area contributed by atoms with Gasteiger partial charge in [-0.1, -0.05) is 6.92 Å². The second-order valence-corrected chi connectivity index (χ2v) is 6.49. The highest BCUT2D eigenvalue weighted by molar-refractivity contribution is 6.05. The van der Waals surface area contributed by atoms with Gasteiger partial charge < -0.3 is 15.0 Å². The minimum atomic E-state index is -0.800. The van der Waals surface area contributed by atoms with Crippen LogP contribution in [0.15, 0.2) is 6.20 Å². The van der Waals surface area contributed by atoms with Gasteiger partial charge in [0, 0.05) is 30.9 Å². The number of aromatic nitrogens is 1. The predicted octanol–water partition coefficient (Wildman–Crippen LogP) is 1.39. The lowest BCUT2D eigenvalue weighted by Crippen LogP contribution is -2.37. The van der Waals surface area contributed by atoms with E-state index in [1.807, 2.05) is 20.8 Å². The number of nitrogens with zero attached hydrogens (tertiary/aromatic N) is 3. The normalized spacial score (nSPS) is 16.7. The van der Waals surface area contributed by atoms with Crippen LogP contribution in [0.3, 0.4) is 0 Å². The number of pyridine rings is 1. The summed E-state index contributed by atoms with van der Waals surface area (Å²) in [5, 5.41) is 2.58. The zero-order valence-electron chi connectivity index (χ0n) is 16.0. The number of carbonyl (C=O) groups is 3. The van der Waals surface area contributed by atoms with Crippen molar-refractivity contribution in [3.63, 3.8) is 0 Å². The van der Waals surface area contributed by atoms with Crippen molar-refractivity contribution in [2.45, 2.75) is 46.2 Å². The molecule has 8 heteroatoms. The zero-order chi connectivity index (χ0) is 19.4. The predicted molar refractivity (Wildman–Crippen MR) is 95.7 cm³/mol. The fourth-order valence-corrected chi connectivity index (χ4v) is 3.02. The van der Waals surface area contributed by atoms with Gasteiger partial charge in [0.15, 0.2) is 0 Å². The smallest absolute Gasteiger partial charge is 0.324 e. The quantitative estimate of drug-likeness (QED) is 0.740. The van der Waals surface area contributed by atoms with Crippen LogP contribution >= 0.6 is 0 Å². The fraction of sp³-hybridized carbons (Fsp3) is 0.556. The number of nitrogens with one attached hydrogen (secondary N) is 1. The van der Waals surface area contributed by atoms with Crippen LogP contribution < -0.4 is 10.1 Å². The first-order valence-electron chi connectivity index (χ1n) is 8.65. The van der Waals surface area contributed by atoms with Crippen molar-refractivity contribution in [2.24, 2.45) is 0 Å². The Balaban J connectivity index is 2.03. The average molecular weight is 362 g/mol. The van der Waals surface area contributed by atoms with Crippen LogP contribution in [0.4, 0.5) is 4.79 Å². The molecule has 0 aromatic carbocycles. The van der Waals surface area contributed by atoms with Crippen LogP contribution in [0.1, 0.15) is 36.6 Å². The molecule has 1 aliphatic heterocycles.